The van der Waals surface area contributed by atoms with Gasteiger partial charge in [-0.3, -0.25) is 9.59 Å². The van der Waals surface area contributed by atoms with Crippen LogP contribution in [0.25, 0.3) is 5.57 Å². The minimum absolute atomic E-state index is 0.0972. The maximum absolute atomic E-state index is 12.5. The van der Waals surface area contributed by atoms with Gasteiger partial charge in [-0.1, -0.05) is 12.1 Å². The van der Waals surface area contributed by atoms with E-state index >= 15 is 0 Å². The molecule has 32 heavy (non-hydrogen) atoms. The SMILES string of the molecule is C/C(Nc1ccc(C(=O)Nc2ccccc2N)cc1)=C1/C(=O)Nc2ccc(C(=O)O)cc21. The number of hydrogen-bond donors (Lipinski definition) is 5. The van der Waals surface area contributed by atoms with Gasteiger partial charge < -0.3 is 26.8 Å². The highest BCUT2D eigenvalue weighted by atomic mass is 16.4. The number of carbonyl (C=O) groups excluding carboxylic acids is 2. The summed E-state index contributed by atoms with van der Waals surface area (Å²) >= 11 is 0. The smallest absolute Gasteiger partial charge is 0.335 e. The average Bonchev–Trinajstić information content (AvgIpc) is 3.10. The molecule has 160 valence electrons. The van der Waals surface area contributed by atoms with Gasteiger partial charge in [0.05, 0.1) is 22.5 Å². The lowest BCUT2D eigenvalue weighted by Crippen LogP contribution is -2.13. The van der Waals surface area contributed by atoms with E-state index in [9.17, 15) is 19.5 Å². The first-order chi connectivity index (χ1) is 15.3. The third-order valence-corrected chi connectivity index (χ3v) is 5.07. The predicted octanol–water partition coefficient (Wildman–Crippen LogP) is 4.01. The van der Waals surface area contributed by atoms with E-state index in [0.717, 1.165) is 0 Å². The Morgan fingerprint density at radius 2 is 1.62 bits per heavy atom. The molecule has 3 aromatic rings. The Morgan fingerprint density at radius 1 is 0.938 bits per heavy atom. The topological polar surface area (TPSA) is 134 Å². The number of rotatable bonds is 5. The summed E-state index contributed by atoms with van der Waals surface area (Å²) in [6.07, 6.45) is 0. The molecule has 6 N–H and O–H groups in total. The van der Waals surface area contributed by atoms with Crippen molar-refractivity contribution in [2.24, 2.45) is 0 Å². The maximum atomic E-state index is 12.5. The Bertz CT molecular complexity index is 1280. The van der Waals surface area contributed by atoms with Gasteiger partial charge in [-0.05, 0) is 61.5 Å². The first kappa shape index (κ1) is 20.7. The number of allylic oxidation sites excluding steroid dienone is 1. The van der Waals surface area contributed by atoms with Gasteiger partial charge in [-0.15, -0.1) is 0 Å². The zero-order valence-electron chi connectivity index (χ0n) is 17.1. The van der Waals surface area contributed by atoms with E-state index in [1.807, 2.05) is 0 Å². The lowest BCUT2D eigenvalue weighted by atomic mass is 10.0. The molecule has 2 amide bonds. The second-order valence-electron chi connectivity index (χ2n) is 7.26. The number of hydrogen-bond acceptors (Lipinski definition) is 5. The monoisotopic (exact) mass is 428 g/mol. The molecule has 4 rings (SSSR count). The second-order valence-corrected chi connectivity index (χ2v) is 7.26. The quantitative estimate of drug-likeness (QED) is 0.308. The van der Waals surface area contributed by atoms with E-state index in [2.05, 4.69) is 16.0 Å². The van der Waals surface area contributed by atoms with Crippen LogP contribution < -0.4 is 21.7 Å². The Morgan fingerprint density at radius 3 is 2.31 bits per heavy atom. The van der Waals surface area contributed by atoms with Crippen molar-refractivity contribution >= 4 is 46.1 Å². The van der Waals surface area contributed by atoms with Crippen LogP contribution in [0.15, 0.2) is 72.4 Å². The molecule has 8 nitrogen and oxygen atoms in total. The van der Waals surface area contributed by atoms with Crippen molar-refractivity contribution in [2.45, 2.75) is 6.92 Å². The number of benzene rings is 3. The van der Waals surface area contributed by atoms with Crippen molar-refractivity contribution in [1.82, 2.24) is 0 Å². The first-order valence-electron chi connectivity index (χ1n) is 9.76. The number of nitrogen functional groups attached to an aromatic ring is 1. The number of nitrogens with two attached hydrogens (primary N) is 1. The normalized spacial score (nSPS) is 13.7. The number of amides is 2. The fraction of sp³-hybridized carbons (Fsp3) is 0.0417. The summed E-state index contributed by atoms with van der Waals surface area (Å²) in [7, 11) is 0. The second kappa shape index (κ2) is 8.27. The third kappa shape index (κ3) is 4.01. The van der Waals surface area contributed by atoms with Crippen LogP contribution in [0.4, 0.5) is 22.7 Å². The number of para-hydroxylation sites is 2. The third-order valence-electron chi connectivity index (χ3n) is 5.07. The molecule has 1 heterocycles. The molecule has 0 radical (unpaired) electrons. The number of carboxylic acids is 1. The molecule has 0 atom stereocenters. The van der Waals surface area contributed by atoms with Crippen molar-refractivity contribution in [3.8, 4) is 0 Å². The van der Waals surface area contributed by atoms with Gasteiger partial charge in [0.25, 0.3) is 11.8 Å². The largest absolute Gasteiger partial charge is 0.478 e. The molecule has 8 heteroatoms. The molecule has 3 aromatic carbocycles. The Hall–Kier alpha value is -4.59. The number of anilines is 4. The molecular weight excluding hydrogens is 408 g/mol. The number of aromatic carboxylic acids is 1. The standard InChI is InChI=1S/C24H20N4O4/c1-13(21-17-12-15(24(31)32)8-11-19(17)27-23(21)30)26-16-9-6-14(7-10-16)22(29)28-20-5-3-2-4-18(20)25/h2-12,26H,25H2,1H3,(H,27,30)(H,28,29)(H,31,32)/b21-13-. The van der Waals surface area contributed by atoms with Gasteiger partial charge in [-0.25, -0.2) is 4.79 Å². The van der Waals surface area contributed by atoms with E-state index < -0.39 is 5.97 Å². The fourth-order valence-electron chi connectivity index (χ4n) is 3.46. The summed E-state index contributed by atoms with van der Waals surface area (Å²) in [4.78, 5) is 36.2. The summed E-state index contributed by atoms with van der Waals surface area (Å²) in [6, 6.07) is 18.2. The minimum Gasteiger partial charge on any atom is -0.478 e. The van der Waals surface area contributed by atoms with Crippen LogP contribution >= 0.6 is 0 Å². The van der Waals surface area contributed by atoms with Crippen LogP contribution in [0.2, 0.25) is 0 Å². The Kier molecular flexibility index (Phi) is 5.34. The summed E-state index contributed by atoms with van der Waals surface area (Å²) in [5.74, 6) is -1.68. The molecule has 0 saturated carbocycles. The van der Waals surface area contributed by atoms with Crippen molar-refractivity contribution in [2.75, 3.05) is 21.7 Å². The van der Waals surface area contributed by atoms with Crippen molar-refractivity contribution in [1.29, 1.82) is 0 Å². The van der Waals surface area contributed by atoms with Crippen molar-refractivity contribution in [3.63, 3.8) is 0 Å². The van der Waals surface area contributed by atoms with Crippen LogP contribution in [0.5, 0.6) is 0 Å². The lowest BCUT2D eigenvalue weighted by Gasteiger charge is -2.11. The molecule has 0 aliphatic carbocycles. The predicted molar refractivity (Wildman–Crippen MR) is 123 cm³/mol. The summed E-state index contributed by atoms with van der Waals surface area (Å²) < 4.78 is 0. The van der Waals surface area contributed by atoms with E-state index in [-0.39, 0.29) is 17.4 Å². The van der Waals surface area contributed by atoms with Crippen LogP contribution in [0, 0.1) is 0 Å². The van der Waals surface area contributed by atoms with Crippen LogP contribution in [-0.2, 0) is 4.79 Å². The highest BCUT2D eigenvalue weighted by Crippen LogP contribution is 2.35. The van der Waals surface area contributed by atoms with Crippen molar-refractivity contribution in [3.05, 3.63) is 89.1 Å². The number of nitrogens with one attached hydrogen (secondary N) is 3. The van der Waals surface area contributed by atoms with Crippen molar-refractivity contribution < 1.29 is 19.5 Å². The van der Waals surface area contributed by atoms with E-state index in [1.165, 1.54) is 12.1 Å². The van der Waals surface area contributed by atoms with Gasteiger partial charge in [0.2, 0.25) is 0 Å². The Labute approximate surface area is 183 Å². The number of carboxylic acid groups (broad SMARTS) is 1. The summed E-state index contributed by atoms with van der Waals surface area (Å²) in [5, 5.41) is 17.9. The summed E-state index contributed by atoms with van der Waals surface area (Å²) in [6.45, 7) is 1.73. The fourth-order valence-corrected chi connectivity index (χ4v) is 3.46. The Balaban J connectivity index is 1.54. The molecule has 0 spiro atoms. The van der Waals surface area contributed by atoms with E-state index in [0.29, 0.717) is 45.1 Å². The van der Waals surface area contributed by atoms with E-state index in [4.69, 9.17) is 5.73 Å². The number of carbonyl (C=O) groups is 3. The zero-order valence-corrected chi connectivity index (χ0v) is 17.1. The van der Waals surface area contributed by atoms with Crippen LogP contribution in [-0.4, -0.2) is 22.9 Å². The molecular formula is C24H20N4O4. The van der Waals surface area contributed by atoms with Gasteiger partial charge in [0, 0.05) is 28.2 Å². The van der Waals surface area contributed by atoms with Crippen LogP contribution in [0.3, 0.4) is 0 Å². The molecule has 0 unspecified atom stereocenters. The summed E-state index contributed by atoms with van der Waals surface area (Å²) in [5.41, 5.74) is 10.1. The van der Waals surface area contributed by atoms with Gasteiger partial charge >= 0.3 is 5.97 Å². The molecule has 0 aromatic heterocycles. The first-order valence-corrected chi connectivity index (χ1v) is 9.76. The zero-order chi connectivity index (χ0) is 22.8. The molecule has 1 aliphatic heterocycles. The van der Waals surface area contributed by atoms with Gasteiger partial charge in [-0.2, -0.15) is 0 Å². The van der Waals surface area contributed by atoms with E-state index in [1.54, 1.807) is 61.5 Å². The average molecular weight is 428 g/mol. The highest BCUT2D eigenvalue weighted by Gasteiger charge is 2.27. The molecule has 0 fully saturated rings. The molecule has 1 aliphatic rings. The number of fused-ring (bicyclic) bond motifs is 1. The maximum Gasteiger partial charge on any atom is 0.335 e. The van der Waals surface area contributed by atoms with Gasteiger partial charge in [0.15, 0.2) is 0 Å². The minimum atomic E-state index is -1.07. The molecule has 0 saturated heterocycles. The van der Waals surface area contributed by atoms with Gasteiger partial charge in [0.1, 0.15) is 0 Å². The lowest BCUT2D eigenvalue weighted by molar-refractivity contribution is -0.110. The molecule has 0 bridgehead atoms. The van der Waals surface area contributed by atoms with Crippen LogP contribution in [0.1, 0.15) is 33.2 Å². The highest BCUT2D eigenvalue weighted by molar-refractivity contribution is 6.32.